The van der Waals surface area contributed by atoms with E-state index in [2.05, 4.69) is 21.9 Å². The highest BCUT2D eigenvalue weighted by Gasteiger charge is 2.28. The van der Waals surface area contributed by atoms with E-state index in [9.17, 15) is 9.90 Å². The van der Waals surface area contributed by atoms with Crippen LogP contribution in [0, 0.1) is 0 Å². The second kappa shape index (κ2) is 9.86. The van der Waals surface area contributed by atoms with Gasteiger partial charge in [0.1, 0.15) is 18.0 Å². The molecule has 1 saturated heterocycles. The third-order valence-corrected chi connectivity index (χ3v) is 6.67. The van der Waals surface area contributed by atoms with Gasteiger partial charge in [0, 0.05) is 54.9 Å². The molecule has 0 saturated carbocycles. The standard InChI is InChI=1S/C22H25N3O4S2/c1-23-28-17-5-8-19-20(13-24(14-22(26)27)21(19)11-17)15-9-10-25(12-15)31-18-6-3-16(4-7-18)29-30-2/h3-8,11,13,15,23H,9-10,12,14H2,1-2H3,(H,26,27). The lowest BCUT2D eigenvalue weighted by atomic mass is 9.98. The fourth-order valence-corrected chi connectivity index (χ4v) is 5.26. The molecule has 1 unspecified atom stereocenters. The fraction of sp³-hybridized carbons (Fsp3) is 0.318. The van der Waals surface area contributed by atoms with Crippen LogP contribution >= 0.6 is 24.0 Å². The number of aliphatic carboxylic acids is 1. The first kappa shape index (κ1) is 21.9. The molecule has 0 amide bonds. The topological polar surface area (TPSA) is 76.0 Å². The van der Waals surface area contributed by atoms with E-state index in [0.717, 1.165) is 36.2 Å². The van der Waals surface area contributed by atoms with E-state index in [0.29, 0.717) is 11.7 Å². The van der Waals surface area contributed by atoms with Gasteiger partial charge in [-0.15, -0.1) is 0 Å². The van der Waals surface area contributed by atoms with Crippen molar-refractivity contribution in [3.63, 3.8) is 0 Å². The van der Waals surface area contributed by atoms with Crippen LogP contribution in [0.15, 0.2) is 53.6 Å². The first-order valence-corrected chi connectivity index (χ1v) is 11.9. The normalized spacial score (nSPS) is 16.6. The molecule has 1 atom stereocenters. The summed E-state index contributed by atoms with van der Waals surface area (Å²) in [4.78, 5) is 17.9. The van der Waals surface area contributed by atoms with Crippen molar-refractivity contribution in [1.29, 1.82) is 0 Å². The highest BCUT2D eigenvalue weighted by atomic mass is 32.2. The Labute approximate surface area is 190 Å². The molecule has 9 heteroatoms. The summed E-state index contributed by atoms with van der Waals surface area (Å²) in [6, 6.07) is 13.9. The van der Waals surface area contributed by atoms with Crippen molar-refractivity contribution in [2.45, 2.75) is 23.8 Å². The second-order valence-electron chi connectivity index (χ2n) is 7.28. The summed E-state index contributed by atoms with van der Waals surface area (Å²) in [5, 5.41) is 10.4. The summed E-state index contributed by atoms with van der Waals surface area (Å²) < 4.78 is 9.61. The Kier molecular flexibility index (Phi) is 6.96. The molecular weight excluding hydrogens is 434 g/mol. The average Bonchev–Trinajstić information content (AvgIpc) is 3.34. The summed E-state index contributed by atoms with van der Waals surface area (Å²) >= 11 is 3.08. The molecule has 2 heterocycles. The quantitative estimate of drug-likeness (QED) is 0.277. The Morgan fingerprint density at radius 1 is 1.23 bits per heavy atom. The number of nitrogens with one attached hydrogen (secondary N) is 1. The van der Waals surface area contributed by atoms with E-state index < -0.39 is 5.97 Å². The van der Waals surface area contributed by atoms with Crippen molar-refractivity contribution in [1.82, 2.24) is 14.4 Å². The van der Waals surface area contributed by atoms with Crippen LogP contribution in [0.4, 0.5) is 0 Å². The van der Waals surface area contributed by atoms with Crippen LogP contribution in [-0.2, 0) is 11.3 Å². The summed E-state index contributed by atoms with van der Waals surface area (Å²) in [6.07, 6.45) is 4.92. The molecule has 1 fully saturated rings. The van der Waals surface area contributed by atoms with Gasteiger partial charge < -0.3 is 18.7 Å². The van der Waals surface area contributed by atoms with E-state index in [4.69, 9.17) is 9.02 Å². The minimum atomic E-state index is -0.860. The van der Waals surface area contributed by atoms with Crippen LogP contribution in [0.5, 0.6) is 11.5 Å². The zero-order chi connectivity index (χ0) is 21.8. The van der Waals surface area contributed by atoms with E-state index in [1.54, 1.807) is 23.6 Å². The predicted molar refractivity (Wildman–Crippen MR) is 125 cm³/mol. The highest BCUT2D eigenvalue weighted by Crippen LogP contribution is 2.39. The van der Waals surface area contributed by atoms with Gasteiger partial charge >= 0.3 is 5.97 Å². The maximum atomic E-state index is 11.4. The monoisotopic (exact) mass is 459 g/mol. The van der Waals surface area contributed by atoms with E-state index in [-0.39, 0.29) is 6.54 Å². The predicted octanol–water partition coefficient (Wildman–Crippen LogP) is 4.39. The molecule has 164 valence electrons. The van der Waals surface area contributed by atoms with Crippen LogP contribution in [-0.4, -0.2) is 46.3 Å². The Morgan fingerprint density at radius 2 is 2.00 bits per heavy atom. The zero-order valence-electron chi connectivity index (χ0n) is 17.4. The molecule has 0 aliphatic carbocycles. The number of carbonyl (C=O) groups is 1. The number of hydrogen-bond donors (Lipinski definition) is 2. The molecule has 1 aliphatic rings. The van der Waals surface area contributed by atoms with Crippen molar-refractivity contribution in [3.8, 4) is 11.5 Å². The van der Waals surface area contributed by atoms with Gasteiger partial charge in [-0.2, -0.15) is 5.48 Å². The van der Waals surface area contributed by atoms with E-state index in [1.165, 1.54) is 22.5 Å². The summed E-state index contributed by atoms with van der Waals surface area (Å²) in [5.41, 5.74) is 4.74. The fourth-order valence-electron chi connectivity index (χ4n) is 3.95. The van der Waals surface area contributed by atoms with E-state index >= 15 is 0 Å². The molecule has 31 heavy (non-hydrogen) atoms. The lowest BCUT2D eigenvalue weighted by Crippen LogP contribution is -2.11. The summed E-state index contributed by atoms with van der Waals surface area (Å²) in [7, 11) is 1.69. The Hall–Kier alpha value is -2.33. The van der Waals surface area contributed by atoms with Gasteiger partial charge in [-0.05, 0) is 60.3 Å². The number of rotatable bonds is 9. The van der Waals surface area contributed by atoms with Crippen molar-refractivity contribution < 1.29 is 18.9 Å². The minimum Gasteiger partial charge on any atom is -0.480 e. The van der Waals surface area contributed by atoms with Gasteiger partial charge in [-0.3, -0.25) is 4.79 Å². The number of carboxylic acid groups (broad SMARTS) is 1. The molecule has 2 N–H and O–H groups in total. The Morgan fingerprint density at radius 3 is 2.71 bits per heavy atom. The molecule has 0 spiro atoms. The molecule has 0 bridgehead atoms. The van der Waals surface area contributed by atoms with Crippen LogP contribution in [0.3, 0.4) is 0 Å². The van der Waals surface area contributed by atoms with Gasteiger partial charge in [0.05, 0.1) is 17.6 Å². The first-order valence-electron chi connectivity index (χ1n) is 9.99. The van der Waals surface area contributed by atoms with Crippen LogP contribution in [0.25, 0.3) is 10.9 Å². The van der Waals surface area contributed by atoms with Crippen molar-refractivity contribution in [2.24, 2.45) is 0 Å². The molecule has 0 radical (unpaired) electrons. The van der Waals surface area contributed by atoms with Gasteiger partial charge in [-0.1, -0.05) is 0 Å². The lowest BCUT2D eigenvalue weighted by Gasteiger charge is -2.15. The molecule has 3 aromatic rings. The largest absolute Gasteiger partial charge is 0.480 e. The first-order chi connectivity index (χ1) is 15.1. The van der Waals surface area contributed by atoms with Crippen LogP contribution in [0.1, 0.15) is 17.9 Å². The molecule has 1 aromatic heterocycles. The van der Waals surface area contributed by atoms with Crippen LogP contribution in [0.2, 0.25) is 0 Å². The van der Waals surface area contributed by atoms with Crippen molar-refractivity contribution in [3.05, 3.63) is 54.2 Å². The Bertz CT molecular complexity index is 1050. The minimum absolute atomic E-state index is 0.0742. The Balaban J connectivity index is 1.52. The summed E-state index contributed by atoms with van der Waals surface area (Å²) in [6.45, 7) is 1.81. The maximum absolute atomic E-state index is 11.4. The molecule has 7 nitrogen and oxygen atoms in total. The van der Waals surface area contributed by atoms with Crippen LogP contribution < -0.4 is 14.5 Å². The molecule has 4 rings (SSSR count). The van der Waals surface area contributed by atoms with Crippen molar-refractivity contribution in [2.75, 3.05) is 26.4 Å². The number of aromatic nitrogens is 1. The van der Waals surface area contributed by atoms with E-state index in [1.807, 2.05) is 42.8 Å². The number of hydrogen-bond acceptors (Lipinski definition) is 7. The number of nitrogens with zero attached hydrogens (tertiary/aromatic N) is 2. The number of hydroxylamine groups is 1. The SMILES string of the molecule is CNOc1ccc2c(C3CCN(Sc4ccc(OSC)cc4)C3)cn(CC(=O)O)c2c1. The van der Waals surface area contributed by atoms with Gasteiger partial charge in [-0.25, -0.2) is 4.31 Å². The number of carboxylic acids is 1. The summed E-state index contributed by atoms with van der Waals surface area (Å²) in [5.74, 6) is 0.994. The third kappa shape index (κ3) is 5.12. The highest BCUT2D eigenvalue weighted by molar-refractivity contribution is 7.97. The van der Waals surface area contributed by atoms with Crippen molar-refractivity contribution >= 4 is 40.9 Å². The zero-order valence-corrected chi connectivity index (χ0v) is 19.0. The van der Waals surface area contributed by atoms with Gasteiger partial charge in [0.2, 0.25) is 0 Å². The molecule has 2 aromatic carbocycles. The van der Waals surface area contributed by atoms with Gasteiger partial charge in [0.15, 0.2) is 0 Å². The maximum Gasteiger partial charge on any atom is 0.323 e. The number of benzene rings is 2. The third-order valence-electron chi connectivity index (χ3n) is 5.24. The van der Waals surface area contributed by atoms with Gasteiger partial charge in [0.25, 0.3) is 0 Å². The smallest absolute Gasteiger partial charge is 0.323 e. The average molecular weight is 460 g/mol. The number of fused-ring (bicyclic) bond motifs is 1. The lowest BCUT2D eigenvalue weighted by molar-refractivity contribution is -0.137. The molecular formula is C22H25N3O4S2. The molecule has 1 aliphatic heterocycles. The second-order valence-corrected chi connectivity index (χ2v) is 8.95.